The quantitative estimate of drug-likeness (QED) is 0.676. The van der Waals surface area contributed by atoms with Crippen LogP contribution >= 0.6 is 0 Å². The van der Waals surface area contributed by atoms with Crippen molar-refractivity contribution in [2.45, 2.75) is 63.5 Å². The molecular formula is C12H23NO. The molecule has 2 heteroatoms. The maximum atomic E-state index is 9.87. The third-order valence-corrected chi connectivity index (χ3v) is 3.64. The van der Waals surface area contributed by atoms with Gasteiger partial charge in [0.05, 0.1) is 6.10 Å². The molecule has 0 bridgehead atoms. The molecule has 82 valence electrons. The summed E-state index contributed by atoms with van der Waals surface area (Å²) in [4.78, 5) is 0. The van der Waals surface area contributed by atoms with Crippen molar-refractivity contribution in [2.75, 3.05) is 6.54 Å². The van der Waals surface area contributed by atoms with E-state index >= 15 is 0 Å². The molecule has 2 nitrogen and oxygen atoms in total. The van der Waals surface area contributed by atoms with Crippen molar-refractivity contribution >= 4 is 0 Å². The van der Waals surface area contributed by atoms with E-state index in [1.165, 1.54) is 44.9 Å². The van der Waals surface area contributed by atoms with Crippen molar-refractivity contribution in [3.63, 3.8) is 0 Å². The lowest BCUT2D eigenvalue weighted by Gasteiger charge is -2.21. The van der Waals surface area contributed by atoms with Gasteiger partial charge in [-0.05, 0) is 31.7 Å². The van der Waals surface area contributed by atoms with Gasteiger partial charge < -0.3 is 10.4 Å². The van der Waals surface area contributed by atoms with Gasteiger partial charge in [0.25, 0.3) is 0 Å². The van der Waals surface area contributed by atoms with Crippen molar-refractivity contribution < 1.29 is 5.11 Å². The van der Waals surface area contributed by atoms with Crippen LogP contribution in [0.3, 0.4) is 0 Å². The van der Waals surface area contributed by atoms with Gasteiger partial charge in [0.15, 0.2) is 0 Å². The Kier molecular flexibility index (Phi) is 3.82. The molecule has 0 aromatic carbocycles. The summed E-state index contributed by atoms with van der Waals surface area (Å²) in [6.45, 7) is 1.12. The van der Waals surface area contributed by atoms with Crippen LogP contribution in [-0.4, -0.2) is 23.8 Å². The minimum atomic E-state index is -0.0864. The molecule has 0 aliphatic heterocycles. The molecule has 2 fully saturated rings. The fourth-order valence-corrected chi connectivity index (χ4v) is 2.41. The molecule has 2 aliphatic carbocycles. The Bertz CT molecular complexity index is 168. The second-order valence-electron chi connectivity index (χ2n) is 5.00. The van der Waals surface area contributed by atoms with Gasteiger partial charge in [0, 0.05) is 6.04 Å². The van der Waals surface area contributed by atoms with Crippen molar-refractivity contribution in [3.8, 4) is 0 Å². The zero-order chi connectivity index (χ0) is 9.80. The van der Waals surface area contributed by atoms with Gasteiger partial charge in [0.2, 0.25) is 0 Å². The fourth-order valence-electron chi connectivity index (χ4n) is 2.41. The highest BCUT2D eigenvalue weighted by Crippen LogP contribution is 2.31. The molecule has 0 aromatic heterocycles. The SMILES string of the molecule is OC1CCCCCC1NCCC1CC1. The molecule has 2 unspecified atom stereocenters. The summed E-state index contributed by atoms with van der Waals surface area (Å²) >= 11 is 0. The van der Waals surface area contributed by atoms with Crippen LogP contribution in [-0.2, 0) is 0 Å². The van der Waals surface area contributed by atoms with Crippen LogP contribution in [0, 0.1) is 5.92 Å². The number of nitrogens with one attached hydrogen (secondary N) is 1. The number of hydrogen-bond acceptors (Lipinski definition) is 2. The summed E-state index contributed by atoms with van der Waals surface area (Å²) in [6, 6.07) is 0.385. The average Bonchev–Trinajstić information content (AvgIpc) is 2.97. The van der Waals surface area contributed by atoms with Gasteiger partial charge in [0.1, 0.15) is 0 Å². The number of hydrogen-bond donors (Lipinski definition) is 2. The van der Waals surface area contributed by atoms with Gasteiger partial charge in [-0.25, -0.2) is 0 Å². The van der Waals surface area contributed by atoms with Crippen LogP contribution in [0.2, 0.25) is 0 Å². The molecule has 2 rings (SSSR count). The van der Waals surface area contributed by atoms with E-state index in [0.717, 1.165) is 18.9 Å². The van der Waals surface area contributed by atoms with Gasteiger partial charge in [-0.3, -0.25) is 0 Å². The predicted octanol–water partition coefficient (Wildman–Crippen LogP) is 2.07. The Morgan fingerprint density at radius 2 is 1.79 bits per heavy atom. The minimum Gasteiger partial charge on any atom is -0.392 e. The van der Waals surface area contributed by atoms with Crippen LogP contribution in [0.5, 0.6) is 0 Å². The summed E-state index contributed by atoms with van der Waals surface area (Å²) in [6.07, 6.45) is 10.1. The highest BCUT2D eigenvalue weighted by atomic mass is 16.3. The molecule has 0 radical (unpaired) electrons. The monoisotopic (exact) mass is 197 g/mol. The van der Waals surface area contributed by atoms with E-state index in [4.69, 9.17) is 0 Å². The summed E-state index contributed by atoms with van der Waals surface area (Å²) in [5, 5.41) is 13.4. The van der Waals surface area contributed by atoms with E-state index in [0.29, 0.717) is 6.04 Å². The van der Waals surface area contributed by atoms with E-state index < -0.39 is 0 Å². The standard InChI is InChI=1S/C12H23NO/c14-12-5-3-1-2-4-11(12)13-9-8-10-6-7-10/h10-14H,1-9H2. The first-order valence-corrected chi connectivity index (χ1v) is 6.28. The smallest absolute Gasteiger partial charge is 0.0693 e. The van der Waals surface area contributed by atoms with Gasteiger partial charge in [-0.2, -0.15) is 0 Å². The first kappa shape index (κ1) is 10.4. The van der Waals surface area contributed by atoms with Crippen LogP contribution in [0.4, 0.5) is 0 Å². The fraction of sp³-hybridized carbons (Fsp3) is 1.00. The number of aliphatic hydroxyl groups is 1. The number of rotatable bonds is 4. The molecule has 0 saturated heterocycles. The Hall–Kier alpha value is -0.0800. The highest BCUT2D eigenvalue weighted by molar-refractivity contribution is 4.80. The van der Waals surface area contributed by atoms with Crippen molar-refractivity contribution in [2.24, 2.45) is 5.92 Å². The number of aliphatic hydroxyl groups excluding tert-OH is 1. The molecule has 0 spiro atoms. The lowest BCUT2D eigenvalue weighted by Crippen LogP contribution is -2.39. The first-order valence-electron chi connectivity index (χ1n) is 6.28. The second kappa shape index (κ2) is 5.13. The Morgan fingerprint density at radius 3 is 2.57 bits per heavy atom. The topological polar surface area (TPSA) is 32.3 Å². The molecule has 0 heterocycles. The highest BCUT2D eigenvalue weighted by Gasteiger charge is 2.23. The van der Waals surface area contributed by atoms with E-state index in [1.54, 1.807) is 0 Å². The molecule has 2 N–H and O–H groups in total. The molecular weight excluding hydrogens is 174 g/mol. The normalized spacial score (nSPS) is 34.1. The van der Waals surface area contributed by atoms with Crippen LogP contribution in [0.25, 0.3) is 0 Å². The Morgan fingerprint density at radius 1 is 1.00 bits per heavy atom. The zero-order valence-electron chi connectivity index (χ0n) is 9.04. The van der Waals surface area contributed by atoms with E-state index in [-0.39, 0.29) is 6.10 Å². The molecule has 2 saturated carbocycles. The molecule has 0 amide bonds. The third kappa shape index (κ3) is 3.25. The van der Waals surface area contributed by atoms with Gasteiger partial charge in [-0.15, -0.1) is 0 Å². The van der Waals surface area contributed by atoms with E-state index in [9.17, 15) is 5.11 Å². The molecule has 2 atom stereocenters. The summed E-state index contributed by atoms with van der Waals surface area (Å²) in [5.74, 6) is 1.01. The maximum absolute atomic E-state index is 9.87. The van der Waals surface area contributed by atoms with Crippen molar-refractivity contribution in [1.82, 2.24) is 5.32 Å². The molecule has 2 aliphatic rings. The molecule has 0 aromatic rings. The third-order valence-electron chi connectivity index (χ3n) is 3.64. The first-order chi connectivity index (χ1) is 6.86. The average molecular weight is 197 g/mol. The summed E-state index contributed by atoms with van der Waals surface area (Å²) < 4.78 is 0. The van der Waals surface area contributed by atoms with E-state index in [1.807, 2.05) is 0 Å². The van der Waals surface area contributed by atoms with Crippen LogP contribution in [0.1, 0.15) is 51.4 Å². The predicted molar refractivity (Wildman–Crippen MR) is 58.2 cm³/mol. The Balaban J connectivity index is 1.64. The lowest BCUT2D eigenvalue weighted by atomic mass is 10.1. The maximum Gasteiger partial charge on any atom is 0.0693 e. The minimum absolute atomic E-state index is 0.0864. The summed E-state index contributed by atoms with van der Waals surface area (Å²) in [5.41, 5.74) is 0. The van der Waals surface area contributed by atoms with Crippen LogP contribution in [0.15, 0.2) is 0 Å². The second-order valence-corrected chi connectivity index (χ2v) is 5.00. The van der Waals surface area contributed by atoms with Crippen LogP contribution < -0.4 is 5.32 Å². The van der Waals surface area contributed by atoms with Crippen molar-refractivity contribution in [1.29, 1.82) is 0 Å². The lowest BCUT2D eigenvalue weighted by molar-refractivity contribution is 0.120. The van der Waals surface area contributed by atoms with Crippen molar-refractivity contribution in [3.05, 3.63) is 0 Å². The Labute approximate surface area is 87.1 Å². The van der Waals surface area contributed by atoms with Gasteiger partial charge in [-0.1, -0.05) is 32.1 Å². The van der Waals surface area contributed by atoms with E-state index in [2.05, 4.69) is 5.32 Å². The largest absolute Gasteiger partial charge is 0.392 e. The van der Waals surface area contributed by atoms with Gasteiger partial charge >= 0.3 is 0 Å². The summed E-state index contributed by atoms with van der Waals surface area (Å²) in [7, 11) is 0. The zero-order valence-corrected chi connectivity index (χ0v) is 9.04. The molecule has 14 heavy (non-hydrogen) atoms.